The maximum atomic E-state index is 13.3. The fraction of sp³-hybridized carbons (Fsp3) is 0.143. The molecule has 218 valence electrons. The monoisotopic (exact) mass is 601 g/mol. The molecule has 0 radical (unpaired) electrons. The Labute approximate surface area is 246 Å². The van der Waals surface area contributed by atoms with Gasteiger partial charge in [0.1, 0.15) is 22.8 Å². The number of hydrogen-bond acceptors (Lipinski definition) is 11. The van der Waals surface area contributed by atoms with E-state index in [-0.39, 0.29) is 52.0 Å². The number of amides is 2. The van der Waals surface area contributed by atoms with Crippen LogP contribution in [0.4, 0.5) is 11.4 Å². The lowest BCUT2D eigenvalue weighted by atomic mass is 10.1. The van der Waals surface area contributed by atoms with Gasteiger partial charge < -0.3 is 31.3 Å². The lowest BCUT2D eigenvalue weighted by molar-refractivity contribution is 0.0696. The predicted octanol–water partition coefficient (Wildman–Crippen LogP) is 1.96. The summed E-state index contributed by atoms with van der Waals surface area (Å²) in [6, 6.07) is 13.9. The van der Waals surface area contributed by atoms with Gasteiger partial charge in [-0.25, -0.2) is 14.2 Å². The van der Waals surface area contributed by atoms with Crippen LogP contribution in [0.3, 0.4) is 0 Å². The molecule has 0 saturated carbocycles. The molecule has 2 amide bonds. The van der Waals surface area contributed by atoms with Crippen LogP contribution >= 0.6 is 12.2 Å². The van der Waals surface area contributed by atoms with Gasteiger partial charge in [0.15, 0.2) is 0 Å². The number of carboxylic acids is 1. The van der Waals surface area contributed by atoms with Gasteiger partial charge in [-0.1, -0.05) is 36.4 Å². The normalized spacial score (nSPS) is 11.7. The Hall–Kier alpha value is -5.70. The van der Waals surface area contributed by atoms with E-state index in [0.29, 0.717) is 5.56 Å². The van der Waals surface area contributed by atoms with Crippen LogP contribution in [0.15, 0.2) is 68.7 Å². The SMILES string of the molecule is C[C@H](NC(=O)c1cc(C(=O)NCc2cccc(CNc3c(N)c(=O)c3=O)c2)nc2noc(=S)n12)c1ccc(C(=O)O)cc1. The smallest absolute Gasteiger partial charge is 0.335 e. The number of carbonyl (C=O) groups excluding carboxylic acids is 2. The highest BCUT2D eigenvalue weighted by Crippen LogP contribution is 2.17. The van der Waals surface area contributed by atoms with Crippen LogP contribution in [0.25, 0.3) is 5.78 Å². The molecule has 0 unspecified atom stereocenters. The van der Waals surface area contributed by atoms with Crippen LogP contribution in [0.5, 0.6) is 0 Å². The van der Waals surface area contributed by atoms with Gasteiger partial charge in [0.05, 0.1) is 11.6 Å². The standard InChI is InChI=1S/C28H23N7O7S/c1-13(16-5-7-17(8-6-16)26(40)41)32-25(39)19-10-18(33-27-34-42-28(43)35(19)27)24(38)31-12-15-4-2-3-14(9-15)11-30-21-20(29)22(36)23(21)37/h2-10,13,30H,11-12,29H2,1H3,(H,31,38)(H,32,39)(H,40,41)/t13-/m0/s1. The molecule has 0 aliphatic heterocycles. The fourth-order valence-corrected chi connectivity index (χ4v) is 4.52. The predicted molar refractivity (Wildman–Crippen MR) is 156 cm³/mol. The van der Waals surface area contributed by atoms with E-state index in [0.717, 1.165) is 11.1 Å². The third kappa shape index (κ3) is 5.87. The van der Waals surface area contributed by atoms with E-state index in [1.807, 2.05) is 0 Å². The molecule has 6 N–H and O–H groups in total. The topological polar surface area (TPSA) is 211 Å². The highest BCUT2D eigenvalue weighted by Gasteiger charge is 2.22. The quantitative estimate of drug-likeness (QED) is 0.115. The van der Waals surface area contributed by atoms with Crippen molar-refractivity contribution in [3.8, 4) is 0 Å². The summed E-state index contributed by atoms with van der Waals surface area (Å²) in [6.45, 7) is 2.06. The number of rotatable bonds is 10. The molecule has 14 nitrogen and oxygen atoms in total. The van der Waals surface area contributed by atoms with Gasteiger partial charge >= 0.3 is 10.8 Å². The number of anilines is 2. The summed E-state index contributed by atoms with van der Waals surface area (Å²) in [5.74, 6) is -2.35. The average Bonchev–Trinajstić information content (AvgIpc) is 3.39. The van der Waals surface area contributed by atoms with Gasteiger partial charge in [-0.2, -0.15) is 0 Å². The van der Waals surface area contributed by atoms with E-state index < -0.39 is 34.7 Å². The van der Waals surface area contributed by atoms with Crippen LogP contribution in [-0.4, -0.2) is 37.4 Å². The number of benzene rings is 2. The molecule has 0 spiro atoms. The van der Waals surface area contributed by atoms with Crippen molar-refractivity contribution in [3.63, 3.8) is 0 Å². The van der Waals surface area contributed by atoms with E-state index in [4.69, 9.17) is 27.6 Å². The molecule has 0 saturated heterocycles. The summed E-state index contributed by atoms with van der Waals surface area (Å²) in [6.07, 6.45) is 0. The molecular formula is C28H23N7O7S. The Morgan fingerprint density at radius 1 is 1.02 bits per heavy atom. The molecule has 0 aliphatic carbocycles. The summed E-state index contributed by atoms with van der Waals surface area (Å²) < 4.78 is 6.22. The van der Waals surface area contributed by atoms with E-state index in [9.17, 15) is 24.0 Å². The molecule has 15 heteroatoms. The Morgan fingerprint density at radius 3 is 2.40 bits per heavy atom. The third-order valence-electron chi connectivity index (χ3n) is 6.65. The number of aromatic nitrogens is 3. The molecule has 1 atom stereocenters. The molecule has 0 aliphatic rings. The number of carboxylic acid groups (broad SMARTS) is 1. The largest absolute Gasteiger partial charge is 0.478 e. The van der Waals surface area contributed by atoms with Gasteiger partial charge in [-0.05, 0) is 59.2 Å². The number of nitrogens with zero attached hydrogens (tertiary/aromatic N) is 3. The summed E-state index contributed by atoms with van der Waals surface area (Å²) in [5, 5.41) is 21.3. The third-order valence-corrected chi connectivity index (χ3v) is 6.91. The maximum Gasteiger partial charge on any atom is 0.335 e. The Morgan fingerprint density at radius 2 is 1.72 bits per heavy atom. The van der Waals surface area contributed by atoms with Crippen molar-refractivity contribution in [2.45, 2.75) is 26.1 Å². The summed E-state index contributed by atoms with van der Waals surface area (Å²) in [7, 11) is 0. The summed E-state index contributed by atoms with van der Waals surface area (Å²) in [4.78, 5) is 64.4. The number of nitrogens with two attached hydrogens (primary N) is 1. The second kappa shape index (κ2) is 11.7. The van der Waals surface area contributed by atoms with Crippen molar-refractivity contribution < 1.29 is 24.0 Å². The van der Waals surface area contributed by atoms with Gasteiger partial charge in [0.25, 0.3) is 28.4 Å². The summed E-state index contributed by atoms with van der Waals surface area (Å²) >= 11 is 5.15. The minimum Gasteiger partial charge on any atom is -0.478 e. The Kier molecular flexibility index (Phi) is 7.81. The number of nitrogens with one attached hydrogen (secondary N) is 3. The molecule has 5 rings (SSSR count). The highest BCUT2D eigenvalue weighted by atomic mass is 32.1. The first-order chi connectivity index (χ1) is 20.5. The molecule has 43 heavy (non-hydrogen) atoms. The minimum atomic E-state index is -1.07. The zero-order chi connectivity index (χ0) is 30.8. The molecule has 2 heterocycles. The van der Waals surface area contributed by atoms with Crippen LogP contribution in [0.1, 0.15) is 61.0 Å². The van der Waals surface area contributed by atoms with E-state index in [1.165, 1.54) is 22.6 Å². The van der Waals surface area contributed by atoms with E-state index >= 15 is 0 Å². The minimum absolute atomic E-state index is 0.0407. The van der Waals surface area contributed by atoms with E-state index in [2.05, 4.69) is 26.1 Å². The molecular weight excluding hydrogens is 578 g/mol. The van der Waals surface area contributed by atoms with Crippen LogP contribution in [-0.2, 0) is 13.1 Å². The van der Waals surface area contributed by atoms with Crippen LogP contribution in [0, 0.1) is 4.84 Å². The first-order valence-electron chi connectivity index (χ1n) is 12.8. The first kappa shape index (κ1) is 28.8. The average molecular weight is 602 g/mol. The zero-order valence-electron chi connectivity index (χ0n) is 22.4. The number of hydrogen-bond donors (Lipinski definition) is 5. The molecule has 2 aromatic heterocycles. The lowest BCUT2D eigenvalue weighted by Gasteiger charge is -2.15. The van der Waals surface area contributed by atoms with Crippen LogP contribution in [0.2, 0.25) is 0 Å². The van der Waals surface area contributed by atoms with Gasteiger partial charge in [0, 0.05) is 13.1 Å². The molecule has 0 fully saturated rings. The lowest BCUT2D eigenvalue weighted by Crippen LogP contribution is -2.36. The summed E-state index contributed by atoms with van der Waals surface area (Å²) in [5.41, 5.74) is 6.30. The Bertz CT molecular complexity index is 2020. The van der Waals surface area contributed by atoms with E-state index in [1.54, 1.807) is 43.3 Å². The Balaban J connectivity index is 1.29. The zero-order valence-corrected chi connectivity index (χ0v) is 23.2. The van der Waals surface area contributed by atoms with Crippen molar-refractivity contribution in [2.24, 2.45) is 0 Å². The van der Waals surface area contributed by atoms with Gasteiger partial charge in [0.2, 0.25) is 0 Å². The van der Waals surface area contributed by atoms with Crippen molar-refractivity contribution in [2.75, 3.05) is 11.1 Å². The van der Waals surface area contributed by atoms with Crippen molar-refractivity contribution in [1.82, 2.24) is 25.2 Å². The number of aromatic carboxylic acids is 1. The molecule has 3 aromatic carbocycles. The highest BCUT2D eigenvalue weighted by molar-refractivity contribution is 7.71. The number of nitrogen functional groups attached to an aromatic ring is 1. The first-order valence-corrected chi connectivity index (χ1v) is 13.2. The number of carbonyl (C=O) groups is 3. The van der Waals surface area contributed by atoms with Crippen molar-refractivity contribution in [1.29, 1.82) is 0 Å². The van der Waals surface area contributed by atoms with Gasteiger partial charge in [-0.3, -0.25) is 19.2 Å². The van der Waals surface area contributed by atoms with Gasteiger partial charge in [-0.15, -0.1) is 0 Å². The number of fused-ring (bicyclic) bond motifs is 1. The second-order valence-electron chi connectivity index (χ2n) is 9.54. The molecule has 0 bridgehead atoms. The molecule has 5 aromatic rings. The van der Waals surface area contributed by atoms with Crippen LogP contribution < -0.4 is 32.5 Å². The second-order valence-corrected chi connectivity index (χ2v) is 9.89. The fourth-order valence-electron chi connectivity index (χ4n) is 4.30. The van der Waals surface area contributed by atoms with Crippen molar-refractivity contribution >= 4 is 47.2 Å². The maximum absolute atomic E-state index is 13.3. The van der Waals surface area contributed by atoms with Crippen molar-refractivity contribution in [3.05, 3.63) is 114 Å².